The Labute approximate surface area is 374 Å². The molecule has 0 aromatic carbocycles. The van der Waals surface area contributed by atoms with E-state index in [0.29, 0.717) is 19.3 Å². The van der Waals surface area contributed by atoms with Crippen molar-refractivity contribution in [2.24, 2.45) is 11.8 Å². The fraction of sp³-hybridized carbons (Fsp3) is 0.944. The molecular weight excluding hydrogens is 745 g/mol. The highest BCUT2D eigenvalue weighted by molar-refractivity contribution is 5.71. The molecule has 0 radical (unpaired) electrons. The van der Waals surface area contributed by atoms with E-state index in [0.717, 1.165) is 69.6 Å². The molecule has 0 unspecified atom stereocenters. The molecule has 0 aromatic rings. The molecule has 0 spiro atoms. The van der Waals surface area contributed by atoms with E-state index in [1.54, 1.807) is 0 Å². The van der Waals surface area contributed by atoms with Gasteiger partial charge in [0.05, 0.1) is 0 Å². The van der Waals surface area contributed by atoms with Crippen LogP contribution in [0.15, 0.2) is 0 Å². The number of rotatable bonds is 48. The van der Waals surface area contributed by atoms with Gasteiger partial charge >= 0.3 is 17.9 Å². The summed E-state index contributed by atoms with van der Waals surface area (Å²) in [6, 6.07) is 0. The van der Waals surface area contributed by atoms with Crippen LogP contribution in [-0.4, -0.2) is 37.2 Å². The third-order valence-electron chi connectivity index (χ3n) is 12.2. The van der Waals surface area contributed by atoms with Gasteiger partial charge in [0, 0.05) is 19.3 Å². The molecule has 6 nitrogen and oxygen atoms in total. The van der Waals surface area contributed by atoms with Crippen molar-refractivity contribution < 1.29 is 28.6 Å². The summed E-state index contributed by atoms with van der Waals surface area (Å²) >= 11 is 0. The number of carbonyl (C=O) groups is 3. The second kappa shape index (κ2) is 46.9. The van der Waals surface area contributed by atoms with E-state index >= 15 is 0 Å². The van der Waals surface area contributed by atoms with Crippen molar-refractivity contribution in [1.82, 2.24) is 0 Å². The highest BCUT2D eigenvalue weighted by Gasteiger charge is 2.19. The van der Waals surface area contributed by atoms with Gasteiger partial charge in [-0.1, -0.05) is 259 Å². The summed E-state index contributed by atoms with van der Waals surface area (Å²) < 4.78 is 16.8. The Morgan fingerprint density at radius 1 is 0.317 bits per heavy atom. The van der Waals surface area contributed by atoms with Crippen molar-refractivity contribution in [3.05, 3.63) is 0 Å². The molecule has 0 fully saturated rings. The minimum Gasteiger partial charge on any atom is -0.462 e. The third-order valence-corrected chi connectivity index (χ3v) is 12.2. The van der Waals surface area contributed by atoms with E-state index in [1.165, 1.54) is 186 Å². The topological polar surface area (TPSA) is 78.9 Å². The van der Waals surface area contributed by atoms with Crippen molar-refractivity contribution in [1.29, 1.82) is 0 Å². The van der Waals surface area contributed by atoms with Crippen LogP contribution in [0, 0.1) is 11.8 Å². The number of esters is 3. The normalized spacial score (nSPS) is 12.1. The second-order valence-corrected chi connectivity index (χ2v) is 19.5. The maximum atomic E-state index is 12.8. The molecule has 0 aliphatic carbocycles. The first-order valence-electron chi connectivity index (χ1n) is 26.7. The van der Waals surface area contributed by atoms with E-state index in [9.17, 15) is 14.4 Å². The van der Waals surface area contributed by atoms with Crippen molar-refractivity contribution >= 4 is 17.9 Å². The first kappa shape index (κ1) is 58.4. The average molecular weight is 849 g/mol. The summed E-state index contributed by atoms with van der Waals surface area (Å²) in [4.78, 5) is 37.9. The van der Waals surface area contributed by atoms with Crippen molar-refractivity contribution in [2.75, 3.05) is 13.2 Å². The molecule has 60 heavy (non-hydrogen) atoms. The van der Waals surface area contributed by atoms with Crippen LogP contribution in [0.4, 0.5) is 0 Å². The molecule has 0 saturated carbocycles. The maximum Gasteiger partial charge on any atom is 0.306 e. The molecule has 0 aromatic heterocycles. The Morgan fingerprint density at radius 2 is 0.550 bits per heavy atom. The fourth-order valence-corrected chi connectivity index (χ4v) is 8.17. The molecule has 0 amide bonds. The zero-order valence-corrected chi connectivity index (χ0v) is 41.1. The predicted molar refractivity (Wildman–Crippen MR) is 256 cm³/mol. The highest BCUT2D eigenvalue weighted by atomic mass is 16.6. The van der Waals surface area contributed by atoms with Gasteiger partial charge in [-0.2, -0.15) is 0 Å². The Morgan fingerprint density at radius 3 is 0.817 bits per heavy atom. The molecule has 6 heteroatoms. The van der Waals surface area contributed by atoms with Gasteiger partial charge in [0.15, 0.2) is 6.10 Å². The standard InChI is InChI=1S/C54H104O6/c1-6-7-8-9-10-11-12-13-18-21-24-29-34-39-44-52(55)58-47-51(60-54(57)46-41-36-31-26-28-33-38-43-50(4)5)48-59-53(56)45-40-35-30-25-22-19-16-14-15-17-20-23-27-32-37-42-49(2)3/h49-51H,6-48H2,1-5H3/t51-/m1/s1. The van der Waals surface area contributed by atoms with E-state index in [2.05, 4.69) is 34.6 Å². The van der Waals surface area contributed by atoms with Crippen molar-refractivity contribution in [3.63, 3.8) is 0 Å². The summed E-state index contributed by atoms with van der Waals surface area (Å²) in [6.45, 7) is 11.3. The lowest BCUT2D eigenvalue weighted by molar-refractivity contribution is -0.167. The summed E-state index contributed by atoms with van der Waals surface area (Å²) in [6.07, 6.45) is 48.1. The fourth-order valence-electron chi connectivity index (χ4n) is 8.17. The largest absolute Gasteiger partial charge is 0.462 e. The van der Waals surface area contributed by atoms with Crippen LogP contribution in [0.1, 0.15) is 298 Å². The monoisotopic (exact) mass is 849 g/mol. The maximum absolute atomic E-state index is 12.8. The Bertz CT molecular complexity index is 916. The molecule has 356 valence electrons. The van der Waals surface area contributed by atoms with Gasteiger partial charge < -0.3 is 14.2 Å². The molecule has 0 bridgehead atoms. The Balaban J connectivity index is 4.24. The minimum absolute atomic E-state index is 0.0641. The Hall–Kier alpha value is -1.59. The molecular formula is C54H104O6. The average Bonchev–Trinajstić information content (AvgIpc) is 3.22. The van der Waals surface area contributed by atoms with Crippen LogP contribution in [0.3, 0.4) is 0 Å². The van der Waals surface area contributed by atoms with Gasteiger partial charge in [-0.25, -0.2) is 0 Å². The summed E-state index contributed by atoms with van der Waals surface area (Å²) in [7, 11) is 0. The van der Waals surface area contributed by atoms with Gasteiger partial charge in [0.25, 0.3) is 0 Å². The van der Waals surface area contributed by atoms with E-state index in [4.69, 9.17) is 14.2 Å². The van der Waals surface area contributed by atoms with Gasteiger partial charge in [0.1, 0.15) is 13.2 Å². The quantitative estimate of drug-likeness (QED) is 0.0345. The molecule has 1 atom stereocenters. The molecule has 0 rings (SSSR count). The van der Waals surface area contributed by atoms with Gasteiger partial charge in [0.2, 0.25) is 0 Å². The van der Waals surface area contributed by atoms with Crippen LogP contribution in [0.2, 0.25) is 0 Å². The smallest absolute Gasteiger partial charge is 0.306 e. The van der Waals surface area contributed by atoms with Crippen LogP contribution < -0.4 is 0 Å². The molecule has 0 aliphatic rings. The first-order chi connectivity index (χ1) is 29.2. The number of carbonyl (C=O) groups excluding carboxylic acids is 3. The van der Waals surface area contributed by atoms with Crippen LogP contribution in [-0.2, 0) is 28.6 Å². The van der Waals surface area contributed by atoms with Crippen LogP contribution in [0.5, 0.6) is 0 Å². The summed E-state index contributed by atoms with van der Waals surface area (Å²) in [5, 5.41) is 0. The first-order valence-corrected chi connectivity index (χ1v) is 26.7. The van der Waals surface area contributed by atoms with E-state index < -0.39 is 6.10 Å². The lowest BCUT2D eigenvalue weighted by Gasteiger charge is -2.18. The van der Waals surface area contributed by atoms with Gasteiger partial charge in [-0.15, -0.1) is 0 Å². The van der Waals surface area contributed by atoms with Crippen molar-refractivity contribution in [2.45, 2.75) is 304 Å². The lowest BCUT2D eigenvalue weighted by Crippen LogP contribution is -2.30. The number of unbranched alkanes of at least 4 members (excludes halogenated alkanes) is 33. The van der Waals surface area contributed by atoms with Crippen LogP contribution in [0.25, 0.3) is 0 Å². The third kappa shape index (κ3) is 47.5. The van der Waals surface area contributed by atoms with E-state index in [1.807, 2.05) is 0 Å². The Kier molecular flexibility index (Phi) is 45.7. The lowest BCUT2D eigenvalue weighted by atomic mass is 10.0. The predicted octanol–water partition coefficient (Wildman–Crippen LogP) is 17.3. The minimum atomic E-state index is -0.762. The highest BCUT2D eigenvalue weighted by Crippen LogP contribution is 2.17. The zero-order chi connectivity index (χ0) is 44.0. The molecule has 0 aliphatic heterocycles. The number of ether oxygens (including phenoxy) is 3. The van der Waals surface area contributed by atoms with Gasteiger partial charge in [-0.3, -0.25) is 14.4 Å². The number of hydrogen-bond donors (Lipinski definition) is 0. The SMILES string of the molecule is CCCCCCCCCCCCCCCCC(=O)OC[C@H](COC(=O)CCCCCCCCCCCCCCCCCC(C)C)OC(=O)CCCCCCCCCC(C)C. The second-order valence-electron chi connectivity index (χ2n) is 19.5. The van der Waals surface area contributed by atoms with Crippen LogP contribution >= 0.6 is 0 Å². The zero-order valence-electron chi connectivity index (χ0n) is 41.1. The van der Waals surface area contributed by atoms with Crippen molar-refractivity contribution in [3.8, 4) is 0 Å². The molecule has 0 saturated heterocycles. The molecule has 0 N–H and O–H groups in total. The summed E-state index contributed by atoms with van der Waals surface area (Å²) in [5.74, 6) is 0.778. The summed E-state index contributed by atoms with van der Waals surface area (Å²) in [5.41, 5.74) is 0. The molecule has 0 heterocycles. The van der Waals surface area contributed by atoms with E-state index in [-0.39, 0.29) is 31.1 Å². The van der Waals surface area contributed by atoms with Gasteiger partial charge in [-0.05, 0) is 31.1 Å². The number of hydrogen-bond acceptors (Lipinski definition) is 6.